The van der Waals surface area contributed by atoms with E-state index in [1.165, 1.54) is 0 Å². The number of amides is 1. The van der Waals surface area contributed by atoms with E-state index in [2.05, 4.69) is 32.5 Å². The minimum Gasteiger partial charge on any atom is -0.355 e. The Labute approximate surface area is 142 Å². The van der Waals surface area contributed by atoms with Gasteiger partial charge in [-0.1, -0.05) is 30.3 Å². The van der Waals surface area contributed by atoms with E-state index in [0.717, 1.165) is 49.6 Å². The summed E-state index contributed by atoms with van der Waals surface area (Å²) in [4.78, 5) is 14.8. The molecule has 1 aromatic carbocycles. The average Bonchev–Trinajstić information content (AvgIpc) is 3.37. The second-order valence-corrected chi connectivity index (χ2v) is 6.96. The van der Waals surface area contributed by atoms with E-state index in [-0.39, 0.29) is 11.3 Å². The summed E-state index contributed by atoms with van der Waals surface area (Å²) < 4.78 is 0. The van der Waals surface area contributed by atoms with Gasteiger partial charge in [-0.25, -0.2) is 0 Å². The van der Waals surface area contributed by atoms with Crippen LogP contribution < -0.4 is 10.2 Å². The normalized spacial score (nSPS) is 18.8. The highest BCUT2D eigenvalue weighted by atomic mass is 16.2. The number of carbonyl (C=O) groups excluding carboxylic acids is 1. The second-order valence-electron chi connectivity index (χ2n) is 6.96. The molecular formula is C19H22N4O. The maximum Gasteiger partial charge on any atom is 0.230 e. The molecule has 5 heteroatoms. The van der Waals surface area contributed by atoms with Gasteiger partial charge in [0, 0.05) is 25.6 Å². The number of benzene rings is 1. The molecule has 1 N–H and O–H groups in total. The molecule has 2 fully saturated rings. The first-order valence-corrected chi connectivity index (χ1v) is 8.56. The van der Waals surface area contributed by atoms with Crippen molar-refractivity contribution < 1.29 is 4.79 Å². The zero-order valence-electron chi connectivity index (χ0n) is 13.9. The van der Waals surface area contributed by atoms with Crippen molar-refractivity contribution in [3.05, 3.63) is 53.7 Å². The molecule has 24 heavy (non-hydrogen) atoms. The third-order valence-electron chi connectivity index (χ3n) is 5.13. The number of hydrogen-bond acceptors (Lipinski definition) is 4. The number of carbonyl (C=O) groups is 1. The van der Waals surface area contributed by atoms with Gasteiger partial charge in [-0.05, 0) is 37.5 Å². The minimum absolute atomic E-state index is 0.183. The fourth-order valence-electron chi connectivity index (χ4n) is 3.38. The van der Waals surface area contributed by atoms with Crippen LogP contribution in [-0.4, -0.2) is 35.7 Å². The van der Waals surface area contributed by atoms with Crippen molar-refractivity contribution in [1.29, 1.82) is 0 Å². The highest BCUT2D eigenvalue weighted by molar-refractivity contribution is 5.91. The molecule has 1 amide bonds. The highest BCUT2D eigenvalue weighted by Crippen LogP contribution is 2.48. The number of anilines is 1. The molecule has 0 spiro atoms. The lowest BCUT2D eigenvalue weighted by molar-refractivity contribution is -0.123. The number of nitrogens with zero attached hydrogens (tertiary/aromatic N) is 3. The Hall–Kier alpha value is -2.43. The first-order chi connectivity index (χ1) is 11.7. The van der Waals surface area contributed by atoms with Gasteiger partial charge in [0.2, 0.25) is 5.91 Å². The van der Waals surface area contributed by atoms with Crippen LogP contribution in [0, 0.1) is 12.8 Å². The first kappa shape index (κ1) is 15.1. The Kier molecular flexibility index (Phi) is 3.71. The van der Waals surface area contributed by atoms with E-state index in [1.54, 1.807) is 0 Å². The van der Waals surface area contributed by atoms with Gasteiger partial charge >= 0.3 is 0 Å². The minimum atomic E-state index is -0.271. The Morgan fingerprint density at radius 3 is 2.54 bits per heavy atom. The molecule has 0 atom stereocenters. The molecule has 5 nitrogen and oxygen atoms in total. The molecule has 1 aliphatic carbocycles. The number of aryl methyl sites for hydroxylation is 1. The van der Waals surface area contributed by atoms with Crippen LogP contribution in [0.5, 0.6) is 0 Å². The van der Waals surface area contributed by atoms with Crippen LogP contribution in [0.15, 0.2) is 42.5 Å². The third-order valence-corrected chi connectivity index (χ3v) is 5.13. The summed E-state index contributed by atoms with van der Waals surface area (Å²) in [6, 6.07) is 14.1. The van der Waals surface area contributed by atoms with Gasteiger partial charge in [-0.15, -0.1) is 5.10 Å². The van der Waals surface area contributed by atoms with Crippen molar-refractivity contribution in [3.63, 3.8) is 0 Å². The molecule has 1 aromatic heterocycles. The maximum absolute atomic E-state index is 12.6. The van der Waals surface area contributed by atoms with Crippen LogP contribution in [0.4, 0.5) is 5.82 Å². The lowest BCUT2D eigenvalue weighted by Gasteiger charge is -2.40. The molecule has 4 rings (SSSR count). The summed E-state index contributed by atoms with van der Waals surface area (Å²) in [6.45, 7) is 4.53. The lowest BCUT2D eigenvalue weighted by Crippen LogP contribution is -2.52. The molecule has 0 unspecified atom stereocenters. The van der Waals surface area contributed by atoms with Crippen LogP contribution in [0.3, 0.4) is 0 Å². The quantitative estimate of drug-likeness (QED) is 0.915. The number of nitrogens with one attached hydrogen (secondary N) is 1. The van der Waals surface area contributed by atoms with Crippen LogP contribution in [-0.2, 0) is 10.2 Å². The van der Waals surface area contributed by atoms with E-state index in [9.17, 15) is 4.79 Å². The number of aromatic nitrogens is 2. The summed E-state index contributed by atoms with van der Waals surface area (Å²) in [7, 11) is 0. The van der Waals surface area contributed by atoms with Crippen molar-refractivity contribution >= 4 is 11.7 Å². The third kappa shape index (κ3) is 2.75. The van der Waals surface area contributed by atoms with Gasteiger partial charge in [0.15, 0.2) is 5.82 Å². The van der Waals surface area contributed by atoms with Gasteiger partial charge < -0.3 is 10.2 Å². The fraction of sp³-hybridized carbons (Fsp3) is 0.421. The van der Waals surface area contributed by atoms with E-state index in [1.807, 2.05) is 37.3 Å². The van der Waals surface area contributed by atoms with E-state index in [0.29, 0.717) is 5.92 Å². The summed E-state index contributed by atoms with van der Waals surface area (Å²) in [5, 5.41) is 11.5. The lowest BCUT2D eigenvalue weighted by atomic mass is 9.94. The van der Waals surface area contributed by atoms with E-state index >= 15 is 0 Å². The molecule has 0 bridgehead atoms. The highest BCUT2D eigenvalue weighted by Gasteiger charge is 2.51. The summed E-state index contributed by atoms with van der Waals surface area (Å²) in [6.07, 6.45) is 1.91. The predicted molar refractivity (Wildman–Crippen MR) is 92.8 cm³/mol. The summed E-state index contributed by atoms with van der Waals surface area (Å²) in [5.74, 6) is 1.59. The molecular weight excluding hydrogens is 300 g/mol. The Balaban J connectivity index is 1.28. The van der Waals surface area contributed by atoms with E-state index in [4.69, 9.17) is 0 Å². The molecule has 2 aromatic rings. The standard InChI is InChI=1S/C19H22N4O/c1-14-7-8-17(22-21-14)23-12-15(13-23)11-20-18(24)19(9-10-19)16-5-3-2-4-6-16/h2-8,15H,9-13H2,1H3,(H,20,24). The van der Waals surface area contributed by atoms with Gasteiger partial charge in [0.05, 0.1) is 11.1 Å². The zero-order valence-corrected chi connectivity index (χ0v) is 13.9. The van der Waals surface area contributed by atoms with Crippen molar-refractivity contribution in [2.45, 2.75) is 25.2 Å². The molecule has 2 heterocycles. The van der Waals surface area contributed by atoms with Crippen molar-refractivity contribution in [2.24, 2.45) is 5.92 Å². The predicted octanol–water partition coefficient (Wildman–Crippen LogP) is 2.07. The molecule has 0 radical (unpaired) electrons. The van der Waals surface area contributed by atoms with Crippen molar-refractivity contribution in [2.75, 3.05) is 24.5 Å². The topological polar surface area (TPSA) is 58.1 Å². The second kappa shape index (κ2) is 5.89. The fourth-order valence-corrected chi connectivity index (χ4v) is 3.38. The summed E-state index contributed by atoms with van der Waals surface area (Å²) in [5.41, 5.74) is 1.80. The molecule has 2 aliphatic rings. The molecule has 1 aliphatic heterocycles. The molecule has 1 saturated heterocycles. The number of hydrogen-bond donors (Lipinski definition) is 1. The SMILES string of the molecule is Cc1ccc(N2CC(CNC(=O)C3(c4ccccc4)CC3)C2)nn1. The maximum atomic E-state index is 12.6. The first-order valence-electron chi connectivity index (χ1n) is 8.56. The van der Waals surface area contributed by atoms with Gasteiger partial charge in [0.25, 0.3) is 0 Å². The van der Waals surface area contributed by atoms with Crippen LogP contribution in [0.2, 0.25) is 0 Å². The average molecular weight is 322 g/mol. The smallest absolute Gasteiger partial charge is 0.230 e. The summed E-state index contributed by atoms with van der Waals surface area (Å²) >= 11 is 0. The van der Waals surface area contributed by atoms with Crippen LogP contribution in [0.25, 0.3) is 0 Å². The Bertz CT molecular complexity index is 719. The van der Waals surface area contributed by atoms with Crippen molar-refractivity contribution in [1.82, 2.24) is 15.5 Å². The van der Waals surface area contributed by atoms with Gasteiger partial charge in [-0.3, -0.25) is 4.79 Å². The molecule has 124 valence electrons. The van der Waals surface area contributed by atoms with Gasteiger partial charge in [-0.2, -0.15) is 5.10 Å². The Morgan fingerprint density at radius 1 is 1.17 bits per heavy atom. The van der Waals surface area contributed by atoms with Gasteiger partial charge in [0.1, 0.15) is 0 Å². The van der Waals surface area contributed by atoms with Crippen molar-refractivity contribution in [3.8, 4) is 0 Å². The molecule has 1 saturated carbocycles. The monoisotopic (exact) mass is 322 g/mol. The van der Waals surface area contributed by atoms with Crippen LogP contribution in [0.1, 0.15) is 24.1 Å². The largest absolute Gasteiger partial charge is 0.355 e. The van der Waals surface area contributed by atoms with Crippen LogP contribution >= 0.6 is 0 Å². The van der Waals surface area contributed by atoms with E-state index < -0.39 is 0 Å². The number of rotatable bonds is 5. The Morgan fingerprint density at radius 2 is 1.92 bits per heavy atom. The zero-order chi connectivity index (χ0) is 16.6.